The van der Waals surface area contributed by atoms with Crippen molar-refractivity contribution in [1.82, 2.24) is 5.32 Å². The molecule has 0 spiro atoms. The fourth-order valence-electron chi connectivity index (χ4n) is 2.18. The summed E-state index contributed by atoms with van der Waals surface area (Å²) in [5, 5.41) is 15.3. The molecule has 15 heavy (non-hydrogen) atoms. The van der Waals surface area contributed by atoms with Crippen LogP contribution in [0.1, 0.15) is 30.6 Å². The zero-order valence-corrected chi connectivity index (χ0v) is 9.80. The lowest BCUT2D eigenvalue weighted by atomic mass is 9.92. The van der Waals surface area contributed by atoms with Crippen LogP contribution in [0, 0.1) is 0 Å². The molecule has 1 aromatic heterocycles. The maximum Gasteiger partial charge on any atom is 0.0693 e. The minimum atomic E-state index is -0.123. The second-order valence-electron chi connectivity index (χ2n) is 4.24. The minimum Gasteiger partial charge on any atom is -0.392 e. The SMILES string of the molecule is OC1CCCCC1NCCc1cccs1. The molecule has 1 aromatic rings. The Morgan fingerprint density at radius 1 is 1.40 bits per heavy atom. The number of rotatable bonds is 4. The van der Waals surface area contributed by atoms with Crippen molar-refractivity contribution in [3.63, 3.8) is 0 Å². The first-order valence-corrected chi connectivity index (χ1v) is 6.68. The van der Waals surface area contributed by atoms with Crippen LogP contribution < -0.4 is 5.32 Å². The Balaban J connectivity index is 1.68. The van der Waals surface area contributed by atoms with Gasteiger partial charge in [-0.3, -0.25) is 0 Å². The quantitative estimate of drug-likeness (QED) is 0.823. The lowest BCUT2D eigenvalue weighted by Gasteiger charge is -2.28. The molecule has 1 heterocycles. The molecular weight excluding hydrogens is 206 g/mol. The highest BCUT2D eigenvalue weighted by molar-refractivity contribution is 7.09. The number of nitrogens with one attached hydrogen (secondary N) is 1. The Bertz CT molecular complexity index is 273. The highest BCUT2D eigenvalue weighted by atomic mass is 32.1. The first-order chi connectivity index (χ1) is 7.36. The number of aliphatic hydroxyl groups excluding tert-OH is 1. The van der Waals surface area contributed by atoms with Crippen molar-refractivity contribution in [2.24, 2.45) is 0 Å². The molecule has 2 atom stereocenters. The van der Waals surface area contributed by atoms with Crippen LogP contribution in [0.15, 0.2) is 17.5 Å². The Hall–Kier alpha value is -0.380. The number of thiophene rings is 1. The van der Waals surface area contributed by atoms with Gasteiger partial charge in [-0.2, -0.15) is 0 Å². The topological polar surface area (TPSA) is 32.3 Å². The van der Waals surface area contributed by atoms with Gasteiger partial charge in [0.05, 0.1) is 6.10 Å². The summed E-state index contributed by atoms with van der Waals surface area (Å²) in [6, 6.07) is 4.60. The van der Waals surface area contributed by atoms with E-state index in [0.717, 1.165) is 25.8 Å². The van der Waals surface area contributed by atoms with E-state index in [1.54, 1.807) is 0 Å². The van der Waals surface area contributed by atoms with Gasteiger partial charge in [-0.15, -0.1) is 11.3 Å². The van der Waals surface area contributed by atoms with E-state index in [1.807, 2.05) is 11.3 Å². The van der Waals surface area contributed by atoms with Crippen LogP contribution >= 0.6 is 11.3 Å². The molecule has 1 fully saturated rings. The Morgan fingerprint density at radius 3 is 3.00 bits per heavy atom. The van der Waals surface area contributed by atoms with Crippen molar-refractivity contribution in [2.75, 3.05) is 6.54 Å². The average molecular weight is 225 g/mol. The average Bonchev–Trinajstić information content (AvgIpc) is 2.74. The molecule has 0 amide bonds. The van der Waals surface area contributed by atoms with E-state index in [2.05, 4.69) is 22.8 Å². The Labute approximate surface area is 95.3 Å². The van der Waals surface area contributed by atoms with Crippen molar-refractivity contribution >= 4 is 11.3 Å². The molecule has 0 bridgehead atoms. The molecular formula is C12H19NOS. The van der Waals surface area contributed by atoms with Gasteiger partial charge in [-0.25, -0.2) is 0 Å². The van der Waals surface area contributed by atoms with Crippen molar-refractivity contribution in [2.45, 2.75) is 44.2 Å². The Morgan fingerprint density at radius 2 is 2.27 bits per heavy atom. The van der Waals surface area contributed by atoms with Gasteiger partial charge in [0.2, 0.25) is 0 Å². The lowest BCUT2D eigenvalue weighted by molar-refractivity contribution is 0.0914. The minimum absolute atomic E-state index is 0.123. The highest BCUT2D eigenvalue weighted by Crippen LogP contribution is 2.18. The van der Waals surface area contributed by atoms with Gasteiger partial charge in [-0.1, -0.05) is 18.9 Å². The largest absolute Gasteiger partial charge is 0.392 e. The van der Waals surface area contributed by atoms with E-state index in [9.17, 15) is 5.11 Å². The second kappa shape index (κ2) is 5.64. The molecule has 2 N–H and O–H groups in total. The number of aliphatic hydroxyl groups is 1. The van der Waals surface area contributed by atoms with Crippen LogP contribution in [0.5, 0.6) is 0 Å². The van der Waals surface area contributed by atoms with Crippen LogP contribution in [0.2, 0.25) is 0 Å². The summed E-state index contributed by atoms with van der Waals surface area (Å²) in [6.07, 6.45) is 5.50. The van der Waals surface area contributed by atoms with E-state index in [1.165, 1.54) is 17.7 Å². The summed E-state index contributed by atoms with van der Waals surface area (Å²) < 4.78 is 0. The summed E-state index contributed by atoms with van der Waals surface area (Å²) in [5.74, 6) is 0. The number of hydrogen-bond donors (Lipinski definition) is 2. The molecule has 2 rings (SSSR count). The van der Waals surface area contributed by atoms with E-state index in [0.29, 0.717) is 6.04 Å². The maximum absolute atomic E-state index is 9.77. The van der Waals surface area contributed by atoms with Gasteiger partial charge in [-0.05, 0) is 30.7 Å². The maximum atomic E-state index is 9.77. The zero-order valence-electron chi connectivity index (χ0n) is 8.98. The van der Waals surface area contributed by atoms with Crippen LogP contribution in [0.4, 0.5) is 0 Å². The van der Waals surface area contributed by atoms with Crippen LogP contribution in [0.25, 0.3) is 0 Å². The van der Waals surface area contributed by atoms with Gasteiger partial charge in [0.15, 0.2) is 0 Å². The van der Waals surface area contributed by atoms with E-state index >= 15 is 0 Å². The van der Waals surface area contributed by atoms with Crippen molar-refractivity contribution in [3.05, 3.63) is 22.4 Å². The standard InChI is InChI=1S/C12H19NOS/c14-12-6-2-1-5-11(12)13-8-7-10-4-3-9-15-10/h3-4,9,11-14H,1-2,5-8H2. The van der Waals surface area contributed by atoms with E-state index in [-0.39, 0.29) is 6.10 Å². The molecule has 0 aromatic carbocycles. The second-order valence-corrected chi connectivity index (χ2v) is 5.27. The molecule has 0 saturated heterocycles. The van der Waals surface area contributed by atoms with Gasteiger partial charge in [0, 0.05) is 17.5 Å². The molecule has 0 aliphatic heterocycles. The van der Waals surface area contributed by atoms with E-state index < -0.39 is 0 Å². The molecule has 1 aliphatic carbocycles. The molecule has 1 saturated carbocycles. The highest BCUT2D eigenvalue weighted by Gasteiger charge is 2.21. The number of hydrogen-bond acceptors (Lipinski definition) is 3. The van der Waals surface area contributed by atoms with Gasteiger partial charge < -0.3 is 10.4 Å². The van der Waals surface area contributed by atoms with Gasteiger partial charge in [0.25, 0.3) is 0 Å². The van der Waals surface area contributed by atoms with Gasteiger partial charge in [0.1, 0.15) is 0 Å². The van der Waals surface area contributed by atoms with Crippen LogP contribution in [0.3, 0.4) is 0 Å². The summed E-state index contributed by atoms with van der Waals surface area (Å²) in [4.78, 5) is 1.42. The third-order valence-electron chi connectivity index (χ3n) is 3.09. The lowest BCUT2D eigenvalue weighted by Crippen LogP contribution is -2.42. The summed E-state index contributed by atoms with van der Waals surface area (Å²) >= 11 is 1.81. The predicted octanol–water partition coefficient (Wildman–Crippen LogP) is 2.18. The fraction of sp³-hybridized carbons (Fsp3) is 0.667. The third-order valence-corrected chi connectivity index (χ3v) is 4.02. The van der Waals surface area contributed by atoms with E-state index in [4.69, 9.17) is 0 Å². The third kappa shape index (κ3) is 3.30. The molecule has 0 radical (unpaired) electrons. The zero-order chi connectivity index (χ0) is 10.5. The predicted molar refractivity (Wildman–Crippen MR) is 64.3 cm³/mol. The normalized spacial score (nSPS) is 26.7. The first-order valence-electron chi connectivity index (χ1n) is 5.80. The molecule has 3 heteroatoms. The fourth-order valence-corrected chi connectivity index (χ4v) is 2.89. The van der Waals surface area contributed by atoms with Crippen molar-refractivity contribution in [1.29, 1.82) is 0 Å². The molecule has 84 valence electrons. The summed E-state index contributed by atoms with van der Waals surface area (Å²) in [7, 11) is 0. The monoisotopic (exact) mass is 225 g/mol. The summed E-state index contributed by atoms with van der Waals surface area (Å²) in [6.45, 7) is 0.988. The molecule has 2 nitrogen and oxygen atoms in total. The molecule has 2 unspecified atom stereocenters. The Kier molecular flexibility index (Phi) is 4.18. The molecule has 1 aliphatic rings. The first kappa shape index (κ1) is 11.1. The van der Waals surface area contributed by atoms with Crippen LogP contribution in [-0.4, -0.2) is 23.8 Å². The smallest absolute Gasteiger partial charge is 0.0693 e. The van der Waals surface area contributed by atoms with Crippen LogP contribution in [-0.2, 0) is 6.42 Å². The summed E-state index contributed by atoms with van der Waals surface area (Å²) in [5.41, 5.74) is 0. The van der Waals surface area contributed by atoms with Gasteiger partial charge >= 0.3 is 0 Å². The van der Waals surface area contributed by atoms with Crippen molar-refractivity contribution in [3.8, 4) is 0 Å². The van der Waals surface area contributed by atoms with Crippen molar-refractivity contribution < 1.29 is 5.11 Å².